The van der Waals surface area contributed by atoms with Crippen molar-refractivity contribution in [2.75, 3.05) is 0 Å². The molecule has 56 valence electrons. The number of para-hydroxylation sites is 1. The molecule has 0 spiro atoms. The van der Waals surface area contributed by atoms with Gasteiger partial charge in [0.05, 0.1) is 6.26 Å². The Balaban J connectivity index is 2.79. The van der Waals surface area contributed by atoms with Crippen molar-refractivity contribution in [3.05, 3.63) is 36.1 Å². The highest BCUT2D eigenvalue weighted by molar-refractivity contribution is 5.80. The van der Waals surface area contributed by atoms with Crippen LogP contribution in [0.15, 0.2) is 34.9 Å². The molecule has 0 radical (unpaired) electrons. The average molecular weight is 146 g/mol. The molecule has 0 saturated heterocycles. The Hall–Kier alpha value is -1.24. The second-order valence-corrected chi connectivity index (χ2v) is 2.61. The predicted molar refractivity (Wildman–Crippen MR) is 45.6 cm³/mol. The summed E-state index contributed by atoms with van der Waals surface area (Å²) < 4.78 is 5.34. The van der Waals surface area contributed by atoms with Crippen molar-refractivity contribution < 1.29 is 4.42 Å². The van der Waals surface area contributed by atoms with Gasteiger partial charge in [0.25, 0.3) is 0 Å². The molecule has 0 aliphatic carbocycles. The van der Waals surface area contributed by atoms with Gasteiger partial charge >= 0.3 is 0 Å². The van der Waals surface area contributed by atoms with Crippen LogP contribution in [-0.2, 0) is 6.42 Å². The van der Waals surface area contributed by atoms with Gasteiger partial charge in [0.1, 0.15) is 5.58 Å². The van der Waals surface area contributed by atoms with Crippen molar-refractivity contribution in [3.63, 3.8) is 0 Å². The number of hydrogen-bond acceptors (Lipinski definition) is 1. The van der Waals surface area contributed by atoms with E-state index in [0.29, 0.717) is 0 Å². The van der Waals surface area contributed by atoms with E-state index < -0.39 is 0 Å². The first-order valence-electron chi connectivity index (χ1n) is 3.87. The number of aryl methyl sites for hydroxylation is 1. The minimum Gasteiger partial charge on any atom is -0.464 e. The first kappa shape index (κ1) is 6.47. The summed E-state index contributed by atoms with van der Waals surface area (Å²) in [6.07, 6.45) is 2.77. The lowest BCUT2D eigenvalue weighted by atomic mass is 10.1. The molecular formula is C10H10O. The summed E-state index contributed by atoms with van der Waals surface area (Å²) in [5.41, 5.74) is 2.32. The van der Waals surface area contributed by atoms with Crippen molar-refractivity contribution in [2.45, 2.75) is 13.3 Å². The molecule has 0 atom stereocenters. The van der Waals surface area contributed by atoms with E-state index in [-0.39, 0.29) is 0 Å². The fourth-order valence-electron chi connectivity index (χ4n) is 1.33. The maximum absolute atomic E-state index is 5.34. The summed E-state index contributed by atoms with van der Waals surface area (Å²) in [5.74, 6) is 0. The lowest BCUT2D eigenvalue weighted by Gasteiger charge is -1.95. The van der Waals surface area contributed by atoms with Crippen LogP contribution in [0.5, 0.6) is 0 Å². The van der Waals surface area contributed by atoms with Gasteiger partial charge in [0.2, 0.25) is 0 Å². The first-order valence-corrected chi connectivity index (χ1v) is 3.87. The van der Waals surface area contributed by atoms with E-state index in [1.54, 1.807) is 6.26 Å². The van der Waals surface area contributed by atoms with Gasteiger partial charge in [0, 0.05) is 5.39 Å². The summed E-state index contributed by atoms with van der Waals surface area (Å²) in [4.78, 5) is 0. The summed E-state index contributed by atoms with van der Waals surface area (Å²) in [7, 11) is 0. The van der Waals surface area contributed by atoms with Gasteiger partial charge < -0.3 is 4.42 Å². The van der Waals surface area contributed by atoms with E-state index >= 15 is 0 Å². The van der Waals surface area contributed by atoms with Crippen molar-refractivity contribution >= 4 is 11.0 Å². The fourth-order valence-corrected chi connectivity index (χ4v) is 1.33. The number of benzene rings is 1. The molecule has 1 heteroatoms. The van der Waals surface area contributed by atoms with Crippen LogP contribution in [0.4, 0.5) is 0 Å². The summed E-state index contributed by atoms with van der Waals surface area (Å²) >= 11 is 0. The molecule has 1 nitrogen and oxygen atoms in total. The molecule has 0 bridgehead atoms. The highest BCUT2D eigenvalue weighted by atomic mass is 16.3. The number of rotatable bonds is 1. The highest BCUT2D eigenvalue weighted by Crippen LogP contribution is 2.19. The van der Waals surface area contributed by atoms with Crippen molar-refractivity contribution in [3.8, 4) is 0 Å². The highest BCUT2D eigenvalue weighted by Gasteiger charge is 1.99. The zero-order chi connectivity index (χ0) is 7.68. The molecule has 1 aromatic carbocycles. The second-order valence-electron chi connectivity index (χ2n) is 2.61. The van der Waals surface area contributed by atoms with Crippen molar-refractivity contribution in [1.29, 1.82) is 0 Å². The third-order valence-corrected chi connectivity index (χ3v) is 1.94. The van der Waals surface area contributed by atoms with Gasteiger partial charge in [-0.1, -0.05) is 25.1 Å². The molecule has 0 amide bonds. The zero-order valence-corrected chi connectivity index (χ0v) is 6.50. The topological polar surface area (TPSA) is 13.1 Å². The van der Waals surface area contributed by atoms with Gasteiger partial charge in [-0.05, 0) is 18.1 Å². The van der Waals surface area contributed by atoms with Crippen LogP contribution in [0.2, 0.25) is 0 Å². The fraction of sp³-hybridized carbons (Fsp3) is 0.200. The molecule has 0 saturated carbocycles. The molecule has 11 heavy (non-hydrogen) atoms. The molecular weight excluding hydrogens is 136 g/mol. The summed E-state index contributed by atoms with van der Waals surface area (Å²) in [6.45, 7) is 2.14. The Morgan fingerprint density at radius 2 is 2.18 bits per heavy atom. The van der Waals surface area contributed by atoms with E-state index in [1.807, 2.05) is 6.07 Å². The first-order chi connectivity index (χ1) is 5.42. The molecule has 0 aliphatic rings. The summed E-state index contributed by atoms with van der Waals surface area (Å²) in [5, 5.41) is 1.20. The largest absolute Gasteiger partial charge is 0.464 e. The van der Waals surface area contributed by atoms with Gasteiger partial charge in [-0.25, -0.2) is 0 Å². The van der Waals surface area contributed by atoms with Crippen LogP contribution in [-0.4, -0.2) is 0 Å². The van der Waals surface area contributed by atoms with Crippen LogP contribution in [0.25, 0.3) is 11.0 Å². The standard InChI is InChI=1S/C10H10O/c1-2-8-4-3-5-9-6-7-11-10(8)9/h3-7H,2H2,1H3. The smallest absolute Gasteiger partial charge is 0.137 e. The van der Waals surface area contributed by atoms with Crippen molar-refractivity contribution in [1.82, 2.24) is 0 Å². The van der Waals surface area contributed by atoms with Crippen LogP contribution in [0, 0.1) is 0 Å². The Morgan fingerprint density at radius 3 is 3.00 bits per heavy atom. The van der Waals surface area contributed by atoms with Crippen molar-refractivity contribution in [2.24, 2.45) is 0 Å². The van der Waals surface area contributed by atoms with Crippen LogP contribution in [0.1, 0.15) is 12.5 Å². The van der Waals surface area contributed by atoms with E-state index in [1.165, 1.54) is 10.9 Å². The van der Waals surface area contributed by atoms with Gasteiger partial charge in [-0.3, -0.25) is 0 Å². The average Bonchev–Trinajstić information content (AvgIpc) is 2.50. The Kier molecular flexibility index (Phi) is 1.42. The monoisotopic (exact) mass is 146 g/mol. The zero-order valence-electron chi connectivity index (χ0n) is 6.50. The maximum atomic E-state index is 5.34. The van der Waals surface area contributed by atoms with E-state index in [9.17, 15) is 0 Å². The summed E-state index contributed by atoms with van der Waals surface area (Å²) in [6, 6.07) is 8.23. The SMILES string of the molecule is CCc1cccc2ccoc12. The molecule has 0 aliphatic heterocycles. The van der Waals surface area contributed by atoms with Gasteiger partial charge in [-0.15, -0.1) is 0 Å². The minimum atomic E-state index is 1.03. The predicted octanol–water partition coefficient (Wildman–Crippen LogP) is 3.00. The van der Waals surface area contributed by atoms with E-state index in [2.05, 4.69) is 25.1 Å². The van der Waals surface area contributed by atoms with E-state index in [4.69, 9.17) is 4.42 Å². The Bertz CT molecular complexity index is 360. The molecule has 1 aromatic heterocycles. The Labute approximate surface area is 65.6 Å². The number of fused-ring (bicyclic) bond motifs is 1. The lowest BCUT2D eigenvalue weighted by Crippen LogP contribution is -1.78. The Morgan fingerprint density at radius 1 is 1.27 bits per heavy atom. The van der Waals surface area contributed by atoms with Crippen LogP contribution in [0.3, 0.4) is 0 Å². The molecule has 0 unspecified atom stereocenters. The molecule has 0 N–H and O–H groups in total. The quantitative estimate of drug-likeness (QED) is 0.602. The number of furan rings is 1. The minimum absolute atomic E-state index is 1.03. The lowest BCUT2D eigenvalue weighted by molar-refractivity contribution is 0.611. The van der Waals surface area contributed by atoms with Gasteiger partial charge in [-0.2, -0.15) is 0 Å². The molecule has 2 aromatic rings. The number of hydrogen-bond donors (Lipinski definition) is 0. The molecule has 1 heterocycles. The van der Waals surface area contributed by atoms with Gasteiger partial charge in [0.15, 0.2) is 0 Å². The molecule has 0 fully saturated rings. The second kappa shape index (κ2) is 2.42. The maximum Gasteiger partial charge on any atom is 0.137 e. The third kappa shape index (κ3) is 0.929. The third-order valence-electron chi connectivity index (χ3n) is 1.94. The van der Waals surface area contributed by atoms with E-state index in [0.717, 1.165) is 12.0 Å². The van der Waals surface area contributed by atoms with Crippen LogP contribution >= 0.6 is 0 Å². The normalized spacial score (nSPS) is 10.6. The van der Waals surface area contributed by atoms with Crippen LogP contribution < -0.4 is 0 Å². The molecule has 2 rings (SSSR count).